The summed E-state index contributed by atoms with van der Waals surface area (Å²) < 4.78 is 5.34. The molecule has 2 nitrogen and oxygen atoms in total. The highest BCUT2D eigenvalue weighted by molar-refractivity contribution is 4.78. The fourth-order valence-electron chi connectivity index (χ4n) is 2.61. The van der Waals surface area contributed by atoms with Crippen LogP contribution >= 0.6 is 0 Å². The van der Waals surface area contributed by atoms with Gasteiger partial charge < -0.3 is 9.84 Å². The SMILES string of the molecule is OC1CCCC1CCC1CCOC1. The van der Waals surface area contributed by atoms with E-state index in [0.29, 0.717) is 5.92 Å². The molecule has 0 bridgehead atoms. The smallest absolute Gasteiger partial charge is 0.0568 e. The largest absolute Gasteiger partial charge is 0.393 e. The van der Waals surface area contributed by atoms with Gasteiger partial charge in [0, 0.05) is 13.2 Å². The van der Waals surface area contributed by atoms with Gasteiger partial charge in [0.1, 0.15) is 0 Å². The molecule has 0 radical (unpaired) electrons. The van der Waals surface area contributed by atoms with E-state index in [-0.39, 0.29) is 6.10 Å². The Hall–Kier alpha value is -0.0800. The summed E-state index contributed by atoms with van der Waals surface area (Å²) in [5, 5.41) is 9.63. The second-order valence-corrected chi connectivity index (χ2v) is 4.57. The van der Waals surface area contributed by atoms with E-state index in [0.717, 1.165) is 25.6 Å². The number of aliphatic hydroxyl groups is 1. The van der Waals surface area contributed by atoms with Crippen LogP contribution in [0, 0.1) is 11.8 Å². The van der Waals surface area contributed by atoms with Gasteiger partial charge in [0.05, 0.1) is 6.10 Å². The van der Waals surface area contributed by atoms with Crippen molar-refractivity contribution in [3.63, 3.8) is 0 Å². The predicted molar refractivity (Wildman–Crippen MR) is 51.5 cm³/mol. The molecule has 2 aliphatic rings. The molecule has 0 spiro atoms. The summed E-state index contributed by atoms with van der Waals surface area (Å²) in [7, 11) is 0. The van der Waals surface area contributed by atoms with E-state index in [1.165, 1.54) is 32.1 Å². The minimum absolute atomic E-state index is 0.00215. The molecule has 1 saturated carbocycles. The van der Waals surface area contributed by atoms with Gasteiger partial charge >= 0.3 is 0 Å². The Bertz CT molecular complexity index is 152. The van der Waals surface area contributed by atoms with Crippen LogP contribution in [0.1, 0.15) is 38.5 Å². The van der Waals surface area contributed by atoms with Crippen LogP contribution < -0.4 is 0 Å². The van der Waals surface area contributed by atoms with Crippen molar-refractivity contribution < 1.29 is 9.84 Å². The molecule has 1 heterocycles. The topological polar surface area (TPSA) is 29.5 Å². The van der Waals surface area contributed by atoms with Gasteiger partial charge in [-0.15, -0.1) is 0 Å². The minimum Gasteiger partial charge on any atom is -0.393 e. The Kier molecular flexibility index (Phi) is 3.23. The molecule has 1 aliphatic heterocycles. The molecule has 1 saturated heterocycles. The first-order chi connectivity index (χ1) is 6.36. The first-order valence-electron chi connectivity index (χ1n) is 5.62. The Balaban J connectivity index is 1.66. The van der Waals surface area contributed by atoms with Crippen molar-refractivity contribution in [3.05, 3.63) is 0 Å². The molecule has 13 heavy (non-hydrogen) atoms. The van der Waals surface area contributed by atoms with Gasteiger partial charge in [-0.3, -0.25) is 0 Å². The Labute approximate surface area is 80.3 Å². The average molecular weight is 184 g/mol. The van der Waals surface area contributed by atoms with Crippen LogP contribution in [0.25, 0.3) is 0 Å². The maximum absolute atomic E-state index is 9.63. The number of hydrogen-bond acceptors (Lipinski definition) is 2. The summed E-state index contributed by atoms with van der Waals surface area (Å²) in [6, 6.07) is 0. The molecule has 3 unspecified atom stereocenters. The third kappa shape index (κ3) is 2.44. The maximum Gasteiger partial charge on any atom is 0.0568 e. The van der Waals surface area contributed by atoms with Crippen LogP contribution in [0.15, 0.2) is 0 Å². The zero-order valence-corrected chi connectivity index (χ0v) is 8.24. The van der Waals surface area contributed by atoms with E-state index in [1.807, 2.05) is 0 Å². The van der Waals surface area contributed by atoms with Gasteiger partial charge in [0.25, 0.3) is 0 Å². The maximum atomic E-state index is 9.63. The van der Waals surface area contributed by atoms with E-state index >= 15 is 0 Å². The third-order valence-corrected chi connectivity index (χ3v) is 3.59. The molecule has 0 amide bonds. The fraction of sp³-hybridized carbons (Fsp3) is 1.00. The van der Waals surface area contributed by atoms with Crippen molar-refractivity contribution in [2.75, 3.05) is 13.2 Å². The number of hydrogen-bond donors (Lipinski definition) is 1. The number of ether oxygens (including phenoxy) is 1. The molecule has 2 rings (SSSR count). The second-order valence-electron chi connectivity index (χ2n) is 4.57. The van der Waals surface area contributed by atoms with Crippen LogP contribution in [0.3, 0.4) is 0 Å². The summed E-state index contributed by atoms with van der Waals surface area (Å²) in [6.07, 6.45) is 7.23. The van der Waals surface area contributed by atoms with Gasteiger partial charge in [0.15, 0.2) is 0 Å². The Morgan fingerprint density at radius 2 is 2.08 bits per heavy atom. The number of aliphatic hydroxyl groups excluding tert-OH is 1. The van der Waals surface area contributed by atoms with Crippen LogP contribution in [0.5, 0.6) is 0 Å². The molecule has 1 aliphatic carbocycles. The van der Waals surface area contributed by atoms with Crippen molar-refractivity contribution in [3.8, 4) is 0 Å². The Morgan fingerprint density at radius 1 is 1.15 bits per heavy atom. The average Bonchev–Trinajstić information content (AvgIpc) is 2.72. The van der Waals surface area contributed by atoms with E-state index in [4.69, 9.17) is 4.74 Å². The monoisotopic (exact) mass is 184 g/mol. The lowest BCUT2D eigenvalue weighted by atomic mass is 9.93. The van der Waals surface area contributed by atoms with Crippen molar-refractivity contribution in [2.45, 2.75) is 44.6 Å². The van der Waals surface area contributed by atoms with Crippen LogP contribution in [0.4, 0.5) is 0 Å². The van der Waals surface area contributed by atoms with Gasteiger partial charge in [-0.1, -0.05) is 6.42 Å². The van der Waals surface area contributed by atoms with Crippen molar-refractivity contribution in [1.29, 1.82) is 0 Å². The molecule has 76 valence electrons. The molecule has 0 aromatic rings. The molecule has 0 aromatic carbocycles. The minimum atomic E-state index is 0.00215. The van der Waals surface area contributed by atoms with Crippen LogP contribution in [-0.4, -0.2) is 24.4 Å². The first-order valence-corrected chi connectivity index (χ1v) is 5.62. The second kappa shape index (κ2) is 4.43. The summed E-state index contributed by atoms with van der Waals surface area (Å²) in [5.74, 6) is 1.38. The third-order valence-electron chi connectivity index (χ3n) is 3.59. The molecular formula is C11H20O2. The highest BCUT2D eigenvalue weighted by Gasteiger charge is 2.26. The van der Waals surface area contributed by atoms with Gasteiger partial charge in [-0.05, 0) is 43.9 Å². The van der Waals surface area contributed by atoms with Crippen molar-refractivity contribution in [1.82, 2.24) is 0 Å². The summed E-state index contributed by atoms with van der Waals surface area (Å²) in [4.78, 5) is 0. The van der Waals surface area contributed by atoms with Crippen LogP contribution in [-0.2, 0) is 4.74 Å². The van der Waals surface area contributed by atoms with E-state index in [1.54, 1.807) is 0 Å². The normalized spacial score (nSPS) is 39.9. The lowest BCUT2D eigenvalue weighted by Gasteiger charge is -2.15. The first kappa shape index (κ1) is 9.47. The highest BCUT2D eigenvalue weighted by atomic mass is 16.5. The Morgan fingerprint density at radius 3 is 2.69 bits per heavy atom. The summed E-state index contributed by atoms with van der Waals surface area (Å²) in [5.41, 5.74) is 0. The lowest BCUT2D eigenvalue weighted by Crippen LogP contribution is -2.14. The lowest BCUT2D eigenvalue weighted by molar-refractivity contribution is 0.121. The fourth-order valence-corrected chi connectivity index (χ4v) is 2.61. The quantitative estimate of drug-likeness (QED) is 0.726. The molecular weight excluding hydrogens is 164 g/mol. The predicted octanol–water partition coefficient (Wildman–Crippen LogP) is 1.96. The van der Waals surface area contributed by atoms with Gasteiger partial charge in [-0.2, -0.15) is 0 Å². The molecule has 2 fully saturated rings. The highest BCUT2D eigenvalue weighted by Crippen LogP contribution is 2.31. The standard InChI is InChI=1S/C11H20O2/c12-11-3-1-2-10(11)5-4-9-6-7-13-8-9/h9-12H,1-8H2. The van der Waals surface area contributed by atoms with Crippen molar-refractivity contribution >= 4 is 0 Å². The molecule has 3 atom stereocenters. The van der Waals surface area contributed by atoms with E-state index < -0.39 is 0 Å². The van der Waals surface area contributed by atoms with Crippen molar-refractivity contribution in [2.24, 2.45) is 11.8 Å². The molecule has 0 aromatic heterocycles. The zero-order valence-electron chi connectivity index (χ0n) is 8.24. The molecule has 1 N–H and O–H groups in total. The number of rotatable bonds is 3. The molecule has 2 heteroatoms. The van der Waals surface area contributed by atoms with Crippen LogP contribution in [0.2, 0.25) is 0 Å². The summed E-state index contributed by atoms with van der Waals surface area (Å²) in [6.45, 7) is 1.92. The van der Waals surface area contributed by atoms with E-state index in [9.17, 15) is 5.11 Å². The van der Waals surface area contributed by atoms with E-state index in [2.05, 4.69) is 0 Å². The van der Waals surface area contributed by atoms with Gasteiger partial charge in [-0.25, -0.2) is 0 Å². The van der Waals surface area contributed by atoms with Gasteiger partial charge in [0.2, 0.25) is 0 Å². The summed E-state index contributed by atoms with van der Waals surface area (Å²) >= 11 is 0. The zero-order chi connectivity index (χ0) is 9.10.